The molecule has 0 aliphatic heterocycles. The summed E-state index contributed by atoms with van der Waals surface area (Å²) in [4.78, 5) is 11.5. The van der Waals surface area contributed by atoms with Crippen molar-refractivity contribution in [1.82, 2.24) is 20.2 Å². The number of benzene rings is 1. The van der Waals surface area contributed by atoms with Gasteiger partial charge in [0.25, 0.3) is 0 Å². The summed E-state index contributed by atoms with van der Waals surface area (Å²) in [7, 11) is 0. The Bertz CT molecular complexity index is 1110. The fraction of sp³-hybridized carbons (Fsp3) is 0.222. The molecule has 3 heterocycles. The molecule has 0 saturated carbocycles. The molecule has 0 bridgehead atoms. The van der Waals surface area contributed by atoms with Gasteiger partial charge in [-0.3, -0.25) is 0 Å². The average molecular weight is 447 g/mol. The minimum absolute atomic E-state index is 0.522. The number of thioether (sulfide) groups is 1. The van der Waals surface area contributed by atoms with Crippen LogP contribution in [0, 0.1) is 20.8 Å². The number of aryl methyl sites for hydroxylation is 3. The van der Waals surface area contributed by atoms with Crippen LogP contribution in [-0.4, -0.2) is 20.2 Å². The molecular formula is C18H15BrN4OS2. The van der Waals surface area contributed by atoms with Crippen LogP contribution in [0.15, 0.2) is 38.2 Å². The van der Waals surface area contributed by atoms with Gasteiger partial charge < -0.3 is 4.42 Å². The molecule has 0 radical (unpaired) electrons. The Hall–Kier alpha value is -1.77. The van der Waals surface area contributed by atoms with Crippen LogP contribution >= 0.6 is 39.0 Å². The van der Waals surface area contributed by atoms with Gasteiger partial charge in [0.05, 0.1) is 5.75 Å². The van der Waals surface area contributed by atoms with Gasteiger partial charge in [0, 0.05) is 20.3 Å². The maximum Gasteiger partial charge on any atom is 0.247 e. The van der Waals surface area contributed by atoms with Gasteiger partial charge in [0.2, 0.25) is 11.8 Å². The number of aromatic nitrogens is 4. The predicted molar refractivity (Wildman–Crippen MR) is 109 cm³/mol. The molecule has 0 amide bonds. The Labute approximate surface area is 167 Å². The molecule has 0 aliphatic carbocycles. The first kappa shape index (κ1) is 17.6. The van der Waals surface area contributed by atoms with Crippen molar-refractivity contribution >= 4 is 49.2 Å². The average Bonchev–Trinajstić information content (AvgIpc) is 3.18. The normalized spacial score (nSPS) is 11.4. The molecule has 0 aliphatic rings. The minimum Gasteiger partial charge on any atom is -0.420 e. The SMILES string of the molecule is Cc1nc(SCc2nnc(-c3cccc(Br)c3)o2)c2c(C)c(C)sc2n1. The number of hydrogen-bond donors (Lipinski definition) is 0. The fourth-order valence-electron chi connectivity index (χ4n) is 2.60. The highest BCUT2D eigenvalue weighted by Crippen LogP contribution is 2.36. The van der Waals surface area contributed by atoms with E-state index in [2.05, 4.69) is 49.9 Å². The molecule has 4 rings (SSSR count). The smallest absolute Gasteiger partial charge is 0.247 e. The molecule has 0 unspecified atom stereocenters. The van der Waals surface area contributed by atoms with Crippen molar-refractivity contribution in [3.8, 4) is 11.5 Å². The highest BCUT2D eigenvalue weighted by atomic mass is 79.9. The van der Waals surface area contributed by atoms with Crippen molar-refractivity contribution in [2.24, 2.45) is 0 Å². The summed E-state index contributed by atoms with van der Waals surface area (Å²) in [5.74, 6) is 2.45. The maximum absolute atomic E-state index is 5.82. The molecule has 0 fully saturated rings. The number of rotatable bonds is 4. The van der Waals surface area contributed by atoms with Gasteiger partial charge in [-0.15, -0.1) is 21.5 Å². The molecule has 0 atom stereocenters. The Morgan fingerprint density at radius 2 is 2.00 bits per heavy atom. The Morgan fingerprint density at radius 1 is 1.15 bits per heavy atom. The zero-order chi connectivity index (χ0) is 18.3. The topological polar surface area (TPSA) is 64.7 Å². The van der Waals surface area contributed by atoms with Gasteiger partial charge in [-0.05, 0) is 44.5 Å². The molecule has 132 valence electrons. The lowest BCUT2D eigenvalue weighted by molar-refractivity contribution is 0.528. The van der Waals surface area contributed by atoms with Crippen LogP contribution in [0.2, 0.25) is 0 Å². The van der Waals surface area contributed by atoms with E-state index in [1.807, 2.05) is 31.2 Å². The lowest BCUT2D eigenvalue weighted by Gasteiger charge is -2.03. The van der Waals surface area contributed by atoms with E-state index in [4.69, 9.17) is 4.42 Å². The van der Waals surface area contributed by atoms with E-state index in [1.165, 1.54) is 10.4 Å². The summed E-state index contributed by atoms with van der Waals surface area (Å²) in [6, 6.07) is 7.81. The van der Waals surface area contributed by atoms with E-state index in [9.17, 15) is 0 Å². The van der Waals surface area contributed by atoms with Crippen LogP contribution in [-0.2, 0) is 5.75 Å². The first-order chi connectivity index (χ1) is 12.5. The van der Waals surface area contributed by atoms with Crippen LogP contribution in [0.3, 0.4) is 0 Å². The van der Waals surface area contributed by atoms with Crippen molar-refractivity contribution in [2.45, 2.75) is 31.6 Å². The Morgan fingerprint density at radius 3 is 2.81 bits per heavy atom. The van der Waals surface area contributed by atoms with Crippen LogP contribution in [0.4, 0.5) is 0 Å². The third-order valence-corrected chi connectivity index (χ3v) is 6.53. The highest BCUT2D eigenvalue weighted by molar-refractivity contribution is 9.10. The van der Waals surface area contributed by atoms with Crippen molar-refractivity contribution in [3.05, 3.63) is 50.9 Å². The van der Waals surface area contributed by atoms with Crippen LogP contribution in [0.25, 0.3) is 21.7 Å². The number of halogens is 1. The Kier molecular flexibility index (Phi) is 4.81. The van der Waals surface area contributed by atoms with Crippen molar-refractivity contribution in [2.75, 3.05) is 0 Å². The van der Waals surface area contributed by atoms with Crippen LogP contribution in [0.5, 0.6) is 0 Å². The van der Waals surface area contributed by atoms with Gasteiger partial charge in [0.15, 0.2) is 0 Å². The first-order valence-corrected chi connectivity index (χ1v) is 10.6. The molecule has 26 heavy (non-hydrogen) atoms. The number of thiophene rings is 1. The highest BCUT2D eigenvalue weighted by Gasteiger charge is 2.16. The monoisotopic (exact) mass is 446 g/mol. The maximum atomic E-state index is 5.82. The standard InChI is InChI=1S/C18H15BrN4OS2/c1-9-10(2)26-18-15(9)17(20-11(3)21-18)25-8-14-22-23-16(24-14)12-5-4-6-13(19)7-12/h4-7H,8H2,1-3H3. The largest absolute Gasteiger partial charge is 0.420 e. The molecule has 3 aromatic heterocycles. The predicted octanol–water partition coefficient (Wildman–Crippen LogP) is 5.72. The second-order valence-corrected chi connectivity index (χ2v) is 8.92. The van der Waals surface area contributed by atoms with Gasteiger partial charge in [-0.2, -0.15) is 0 Å². The lowest BCUT2D eigenvalue weighted by atomic mass is 10.2. The van der Waals surface area contributed by atoms with E-state index in [0.29, 0.717) is 17.5 Å². The van der Waals surface area contributed by atoms with E-state index in [0.717, 1.165) is 31.1 Å². The van der Waals surface area contributed by atoms with E-state index in [1.54, 1.807) is 23.1 Å². The Balaban J connectivity index is 1.59. The van der Waals surface area contributed by atoms with E-state index in [-0.39, 0.29) is 0 Å². The summed E-state index contributed by atoms with van der Waals surface area (Å²) in [5.41, 5.74) is 2.14. The molecular weight excluding hydrogens is 432 g/mol. The zero-order valence-electron chi connectivity index (χ0n) is 14.4. The summed E-state index contributed by atoms with van der Waals surface area (Å²) in [6.45, 7) is 6.16. The molecule has 1 aromatic carbocycles. The fourth-order valence-corrected chi connectivity index (χ4v) is 5.11. The third kappa shape index (κ3) is 3.41. The molecule has 4 aromatic rings. The first-order valence-electron chi connectivity index (χ1n) is 7.96. The van der Waals surface area contributed by atoms with Gasteiger partial charge in [0.1, 0.15) is 15.7 Å². The number of fused-ring (bicyclic) bond motifs is 1. The minimum atomic E-state index is 0.522. The van der Waals surface area contributed by atoms with Crippen LogP contribution < -0.4 is 0 Å². The summed E-state index contributed by atoms with van der Waals surface area (Å²) in [6.07, 6.45) is 0. The van der Waals surface area contributed by atoms with E-state index < -0.39 is 0 Å². The second kappa shape index (κ2) is 7.09. The summed E-state index contributed by atoms with van der Waals surface area (Å²) in [5, 5.41) is 10.4. The van der Waals surface area contributed by atoms with Gasteiger partial charge in [-0.1, -0.05) is 33.8 Å². The molecule has 5 nitrogen and oxygen atoms in total. The van der Waals surface area contributed by atoms with Crippen molar-refractivity contribution < 1.29 is 4.42 Å². The second-order valence-electron chi connectivity index (χ2n) is 5.84. The lowest BCUT2D eigenvalue weighted by Crippen LogP contribution is -1.92. The molecule has 0 spiro atoms. The van der Waals surface area contributed by atoms with E-state index >= 15 is 0 Å². The quantitative estimate of drug-likeness (QED) is 0.295. The molecule has 0 saturated heterocycles. The summed E-state index contributed by atoms with van der Waals surface area (Å²) < 4.78 is 6.80. The number of hydrogen-bond acceptors (Lipinski definition) is 7. The molecule has 8 heteroatoms. The van der Waals surface area contributed by atoms with Crippen molar-refractivity contribution in [3.63, 3.8) is 0 Å². The third-order valence-electron chi connectivity index (χ3n) is 3.98. The summed E-state index contributed by atoms with van der Waals surface area (Å²) >= 11 is 6.78. The van der Waals surface area contributed by atoms with Crippen molar-refractivity contribution in [1.29, 1.82) is 0 Å². The van der Waals surface area contributed by atoms with Gasteiger partial charge >= 0.3 is 0 Å². The van der Waals surface area contributed by atoms with Crippen LogP contribution in [0.1, 0.15) is 22.2 Å². The molecule has 0 N–H and O–H groups in total. The number of nitrogens with zero attached hydrogens (tertiary/aromatic N) is 4. The van der Waals surface area contributed by atoms with Gasteiger partial charge in [-0.25, -0.2) is 9.97 Å². The zero-order valence-corrected chi connectivity index (χ0v) is 17.6.